The monoisotopic (exact) mass is 389 g/mol. The van der Waals surface area contributed by atoms with Crippen LogP contribution in [0.2, 0.25) is 5.02 Å². The number of carbonyl (C=O) groups excluding carboxylic acids is 1. The van der Waals surface area contributed by atoms with Gasteiger partial charge in [0.2, 0.25) is 0 Å². The second-order valence-electron chi connectivity index (χ2n) is 6.13. The van der Waals surface area contributed by atoms with Gasteiger partial charge in [0, 0.05) is 26.3 Å². The maximum atomic E-state index is 12.9. The minimum Gasteiger partial charge on any atom is -0.479 e. The average molecular weight is 390 g/mol. The van der Waals surface area contributed by atoms with E-state index in [1.807, 2.05) is 0 Å². The number of halogens is 1. The van der Waals surface area contributed by atoms with Crippen LogP contribution in [0.4, 0.5) is 0 Å². The number of benzene rings is 1. The summed E-state index contributed by atoms with van der Waals surface area (Å²) in [6.45, 7) is 2.59. The minimum absolute atomic E-state index is 0.00450. The molecule has 140 valence electrons. The fourth-order valence-electron chi connectivity index (χ4n) is 2.89. The summed E-state index contributed by atoms with van der Waals surface area (Å²) in [5, 5.41) is 0.427. The predicted octanol–water partition coefficient (Wildman–Crippen LogP) is 2.16. The number of para-hydroxylation sites is 1. The number of carbonyl (C=O) groups is 1. The number of nitrogens with zero attached hydrogens (tertiary/aromatic N) is 1. The smallest absolute Gasteiger partial charge is 0.263 e. The Morgan fingerprint density at radius 2 is 2.12 bits per heavy atom. The van der Waals surface area contributed by atoms with Crippen molar-refractivity contribution in [1.82, 2.24) is 4.90 Å². The van der Waals surface area contributed by atoms with Crippen LogP contribution < -0.4 is 4.74 Å². The second kappa shape index (κ2) is 8.87. The Labute approximate surface area is 154 Å². The van der Waals surface area contributed by atoms with E-state index in [0.717, 1.165) is 0 Å². The Morgan fingerprint density at radius 1 is 1.40 bits per heavy atom. The van der Waals surface area contributed by atoms with E-state index < -0.39 is 15.9 Å². The highest BCUT2D eigenvalue weighted by Gasteiger charge is 2.36. The summed E-state index contributed by atoms with van der Waals surface area (Å²) in [4.78, 5) is 14.5. The normalized spacial score (nSPS) is 20.2. The van der Waals surface area contributed by atoms with Crippen molar-refractivity contribution in [2.75, 3.05) is 31.8 Å². The first kappa shape index (κ1) is 20.0. The van der Waals surface area contributed by atoms with Gasteiger partial charge in [-0.25, -0.2) is 8.42 Å². The van der Waals surface area contributed by atoms with Gasteiger partial charge in [0.1, 0.15) is 5.75 Å². The quantitative estimate of drug-likeness (QED) is 0.637. The Morgan fingerprint density at radius 3 is 2.72 bits per heavy atom. The zero-order chi connectivity index (χ0) is 18.4. The van der Waals surface area contributed by atoms with Crippen molar-refractivity contribution in [3.8, 4) is 5.75 Å². The van der Waals surface area contributed by atoms with Crippen LogP contribution in [0, 0.1) is 0 Å². The number of rotatable bonds is 8. The van der Waals surface area contributed by atoms with Crippen LogP contribution >= 0.6 is 11.6 Å². The van der Waals surface area contributed by atoms with Gasteiger partial charge in [-0.1, -0.05) is 23.7 Å². The van der Waals surface area contributed by atoms with Crippen molar-refractivity contribution >= 4 is 27.3 Å². The molecular weight excluding hydrogens is 366 g/mol. The third-order valence-corrected chi connectivity index (χ3v) is 6.23. The van der Waals surface area contributed by atoms with E-state index in [4.69, 9.17) is 21.1 Å². The molecule has 25 heavy (non-hydrogen) atoms. The van der Waals surface area contributed by atoms with Gasteiger partial charge in [0.15, 0.2) is 15.9 Å². The Balaban J connectivity index is 2.09. The van der Waals surface area contributed by atoms with E-state index in [1.54, 1.807) is 43.2 Å². The zero-order valence-corrected chi connectivity index (χ0v) is 16.1. The van der Waals surface area contributed by atoms with Gasteiger partial charge in [-0.2, -0.15) is 0 Å². The number of amides is 1. The molecule has 2 atom stereocenters. The molecule has 1 heterocycles. The molecule has 1 fully saturated rings. The molecule has 0 radical (unpaired) electrons. The molecule has 1 amide bonds. The van der Waals surface area contributed by atoms with Crippen molar-refractivity contribution in [2.24, 2.45) is 0 Å². The van der Waals surface area contributed by atoms with E-state index in [1.165, 1.54) is 0 Å². The lowest BCUT2D eigenvalue weighted by molar-refractivity contribution is -0.140. The van der Waals surface area contributed by atoms with E-state index in [2.05, 4.69) is 0 Å². The molecule has 1 aromatic rings. The lowest BCUT2D eigenvalue weighted by Crippen LogP contribution is -2.47. The molecule has 0 aliphatic carbocycles. The maximum absolute atomic E-state index is 12.9. The van der Waals surface area contributed by atoms with E-state index >= 15 is 0 Å². The van der Waals surface area contributed by atoms with Crippen molar-refractivity contribution in [3.05, 3.63) is 29.3 Å². The summed E-state index contributed by atoms with van der Waals surface area (Å²) in [5.41, 5.74) is 0. The third-order valence-electron chi connectivity index (χ3n) is 4.17. The molecule has 1 aromatic carbocycles. The van der Waals surface area contributed by atoms with Crippen LogP contribution in [0.1, 0.15) is 19.8 Å². The Hall–Kier alpha value is -1.31. The Kier molecular flexibility index (Phi) is 7.10. The summed E-state index contributed by atoms with van der Waals surface area (Å²) >= 11 is 6.07. The zero-order valence-electron chi connectivity index (χ0n) is 14.5. The molecule has 0 aromatic heterocycles. The van der Waals surface area contributed by atoms with E-state index in [0.29, 0.717) is 36.8 Å². The molecule has 0 spiro atoms. The molecule has 1 saturated heterocycles. The van der Waals surface area contributed by atoms with Crippen molar-refractivity contribution < 1.29 is 22.7 Å². The van der Waals surface area contributed by atoms with Crippen LogP contribution in [-0.4, -0.2) is 63.1 Å². The molecule has 2 rings (SSSR count). The van der Waals surface area contributed by atoms with E-state index in [9.17, 15) is 13.2 Å². The fraction of sp³-hybridized carbons (Fsp3) is 0.588. The summed E-state index contributed by atoms with van der Waals surface area (Å²) in [7, 11) is -1.49. The number of methoxy groups -OCH3 is 1. The van der Waals surface area contributed by atoms with Crippen molar-refractivity contribution in [3.63, 3.8) is 0 Å². The van der Waals surface area contributed by atoms with Gasteiger partial charge < -0.3 is 14.4 Å². The van der Waals surface area contributed by atoms with Gasteiger partial charge in [0.25, 0.3) is 5.91 Å². The lowest BCUT2D eigenvalue weighted by Gasteiger charge is -2.31. The van der Waals surface area contributed by atoms with Gasteiger partial charge >= 0.3 is 0 Å². The van der Waals surface area contributed by atoms with Gasteiger partial charge in [-0.3, -0.25) is 4.79 Å². The molecule has 0 N–H and O–H groups in total. The van der Waals surface area contributed by atoms with Crippen LogP contribution in [0.15, 0.2) is 24.3 Å². The first-order valence-electron chi connectivity index (χ1n) is 8.25. The van der Waals surface area contributed by atoms with Crippen LogP contribution in [0.5, 0.6) is 5.75 Å². The number of ether oxygens (including phenoxy) is 2. The molecule has 1 aliphatic rings. The average Bonchev–Trinajstić information content (AvgIpc) is 2.93. The first-order valence-corrected chi connectivity index (χ1v) is 10.4. The predicted molar refractivity (Wildman–Crippen MR) is 96.8 cm³/mol. The summed E-state index contributed by atoms with van der Waals surface area (Å²) < 4.78 is 34.3. The van der Waals surface area contributed by atoms with Crippen LogP contribution in [-0.2, 0) is 19.4 Å². The highest BCUT2D eigenvalue weighted by molar-refractivity contribution is 7.91. The van der Waals surface area contributed by atoms with Gasteiger partial charge in [-0.05, 0) is 31.9 Å². The van der Waals surface area contributed by atoms with Crippen LogP contribution in [0.25, 0.3) is 0 Å². The van der Waals surface area contributed by atoms with Gasteiger partial charge in [-0.15, -0.1) is 0 Å². The fourth-order valence-corrected chi connectivity index (χ4v) is 4.80. The highest BCUT2D eigenvalue weighted by atomic mass is 35.5. The first-order chi connectivity index (χ1) is 11.8. The largest absolute Gasteiger partial charge is 0.479 e. The summed E-state index contributed by atoms with van der Waals surface area (Å²) in [5.74, 6) is 0.315. The molecule has 0 saturated carbocycles. The molecule has 8 heteroatoms. The molecule has 6 nitrogen and oxygen atoms in total. The topological polar surface area (TPSA) is 72.9 Å². The minimum atomic E-state index is -3.08. The number of hydrogen-bond donors (Lipinski definition) is 0. The second-order valence-corrected chi connectivity index (χ2v) is 8.76. The third kappa shape index (κ3) is 5.59. The molecule has 1 aliphatic heterocycles. The number of sulfone groups is 1. The highest BCUT2D eigenvalue weighted by Crippen LogP contribution is 2.25. The molecular formula is C17H24ClNO5S. The summed E-state index contributed by atoms with van der Waals surface area (Å²) in [6.07, 6.45) is 0.336. The number of hydrogen-bond acceptors (Lipinski definition) is 5. The van der Waals surface area contributed by atoms with Gasteiger partial charge in [0.05, 0.1) is 16.5 Å². The summed E-state index contributed by atoms with van der Waals surface area (Å²) in [6, 6.07) is 6.63. The molecule has 0 unspecified atom stereocenters. The van der Waals surface area contributed by atoms with E-state index in [-0.39, 0.29) is 23.5 Å². The maximum Gasteiger partial charge on any atom is 0.263 e. The standard InChI is InChI=1S/C17H24ClNO5S/c1-13(24-16-7-4-3-6-15(16)18)17(20)19(9-5-10-23-2)14-8-11-25(21,22)12-14/h3-4,6-7,13-14H,5,8-12H2,1-2H3/t13-,14+/m0/s1. The van der Waals surface area contributed by atoms with Crippen molar-refractivity contribution in [2.45, 2.75) is 31.9 Å². The van der Waals surface area contributed by atoms with Crippen molar-refractivity contribution in [1.29, 1.82) is 0 Å². The molecule has 0 bridgehead atoms. The SMILES string of the molecule is COCCCN(C(=O)[C@H](C)Oc1ccccc1Cl)[C@@H]1CCS(=O)(=O)C1. The Bertz CT molecular complexity index is 694. The lowest BCUT2D eigenvalue weighted by atomic mass is 10.2. The van der Waals surface area contributed by atoms with Crippen LogP contribution in [0.3, 0.4) is 0 Å².